The van der Waals surface area contributed by atoms with E-state index in [1.54, 1.807) is 13.2 Å². The lowest BCUT2D eigenvalue weighted by Gasteiger charge is -2.24. The molecule has 6 heteroatoms. The Hall–Kier alpha value is -3.59. The largest absolute Gasteiger partial charge is 0.496 e. The summed E-state index contributed by atoms with van der Waals surface area (Å²) in [7, 11) is 1.63. The number of nitrogens with one attached hydrogen (secondary N) is 2. The molecule has 186 valence electrons. The van der Waals surface area contributed by atoms with Gasteiger partial charge in [-0.05, 0) is 80.8 Å². The van der Waals surface area contributed by atoms with Crippen molar-refractivity contribution >= 4 is 29.5 Å². The Morgan fingerprint density at radius 2 is 1.77 bits per heavy atom. The minimum atomic E-state index is -0.118. The molecule has 2 aromatic rings. The van der Waals surface area contributed by atoms with Gasteiger partial charge in [0, 0.05) is 41.8 Å². The molecule has 1 aliphatic carbocycles. The van der Waals surface area contributed by atoms with Crippen molar-refractivity contribution in [2.75, 3.05) is 17.7 Å². The average Bonchev–Trinajstić information content (AvgIpc) is 2.85. The maximum absolute atomic E-state index is 12.2. The third-order valence-corrected chi connectivity index (χ3v) is 6.30. The smallest absolute Gasteiger partial charge is 0.227 e. The van der Waals surface area contributed by atoms with Gasteiger partial charge in [0.05, 0.1) is 7.11 Å². The fourth-order valence-electron chi connectivity index (χ4n) is 4.35. The van der Waals surface area contributed by atoms with Gasteiger partial charge >= 0.3 is 0 Å². The number of hydrogen-bond acceptors (Lipinski definition) is 4. The summed E-state index contributed by atoms with van der Waals surface area (Å²) in [5.74, 6) is 3.97. The Morgan fingerprint density at radius 1 is 1.09 bits per heavy atom. The number of anilines is 2. The molecule has 0 aliphatic heterocycles. The van der Waals surface area contributed by atoms with Crippen molar-refractivity contribution in [1.82, 2.24) is 0 Å². The van der Waals surface area contributed by atoms with Gasteiger partial charge in [-0.15, -0.1) is 12.3 Å². The zero-order valence-electron chi connectivity index (χ0n) is 21.4. The van der Waals surface area contributed by atoms with Crippen LogP contribution in [0, 0.1) is 38.0 Å². The summed E-state index contributed by atoms with van der Waals surface area (Å²) in [4.78, 5) is 33.9. The molecule has 1 saturated carbocycles. The summed E-state index contributed by atoms with van der Waals surface area (Å²) in [5.41, 5.74) is 5.29. The van der Waals surface area contributed by atoms with E-state index in [1.165, 1.54) is 6.92 Å². The molecular formula is C29H36N2O4. The number of hydrogen-bond donors (Lipinski definition) is 2. The molecule has 6 nitrogen and oxygen atoms in total. The molecule has 2 amide bonds. The van der Waals surface area contributed by atoms with Crippen molar-refractivity contribution in [2.45, 2.75) is 59.8 Å². The number of rotatable bonds is 6. The third kappa shape index (κ3) is 7.99. The quantitative estimate of drug-likeness (QED) is 0.413. The molecule has 35 heavy (non-hydrogen) atoms. The molecule has 0 atom stereocenters. The molecule has 0 radical (unpaired) electrons. The molecule has 0 heterocycles. The van der Waals surface area contributed by atoms with Crippen molar-refractivity contribution in [1.29, 1.82) is 0 Å². The third-order valence-electron chi connectivity index (χ3n) is 6.30. The summed E-state index contributed by atoms with van der Waals surface area (Å²) in [6.45, 7) is 7.40. The van der Waals surface area contributed by atoms with E-state index in [9.17, 15) is 14.4 Å². The highest BCUT2D eigenvalue weighted by Crippen LogP contribution is 2.30. The molecule has 0 aromatic heterocycles. The van der Waals surface area contributed by atoms with Crippen LogP contribution in [0.3, 0.4) is 0 Å². The van der Waals surface area contributed by atoms with Crippen LogP contribution in [-0.4, -0.2) is 25.2 Å². The molecule has 2 aromatic carbocycles. The van der Waals surface area contributed by atoms with Crippen molar-refractivity contribution in [2.24, 2.45) is 11.8 Å². The number of aryl methyl sites for hydroxylation is 2. The fourth-order valence-corrected chi connectivity index (χ4v) is 4.35. The predicted octanol–water partition coefficient (Wildman–Crippen LogP) is 5.71. The number of methoxy groups -OCH3 is 1. The predicted molar refractivity (Wildman–Crippen MR) is 141 cm³/mol. The molecule has 2 N–H and O–H groups in total. The number of carbonyl (C=O) groups is 3. The molecule has 1 fully saturated rings. The zero-order chi connectivity index (χ0) is 26.0. The molecule has 0 bridgehead atoms. The second kappa shape index (κ2) is 13.3. The van der Waals surface area contributed by atoms with Gasteiger partial charge in [0.2, 0.25) is 11.8 Å². The Morgan fingerprint density at radius 3 is 2.31 bits per heavy atom. The molecule has 0 spiro atoms. The SMILES string of the molecule is C#CC1CCC(C(=O)Nc2ccc(C)c(OC)c2)CC1.CCc1c(C)cc(C=O)cc1NC(C)=O. The fraction of sp³-hybridized carbons (Fsp3) is 0.414. The minimum Gasteiger partial charge on any atom is -0.496 e. The van der Waals surface area contributed by atoms with E-state index < -0.39 is 0 Å². The lowest BCUT2D eigenvalue weighted by Crippen LogP contribution is -2.26. The number of benzene rings is 2. The highest BCUT2D eigenvalue weighted by Gasteiger charge is 2.25. The van der Waals surface area contributed by atoms with Crippen LogP contribution in [-0.2, 0) is 16.0 Å². The lowest BCUT2D eigenvalue weighted by atomic mass is 9.82. The molecular weight excluding hydrogens is 440 g/mol. The lowest BCUT2D eigenvalue weighted by molar-refractivity contribution is -0.121. The Balaban J connectivity index is 0.000000258. The van der Waals surface area contributed by atoms with E-state index in [4.69, 9.17) is 11.2 Å². The number of aldehydes is 1. The van der Waals surface area contributed by atoms with Gasteiger partial charge in [-0.3, -0.25) is 14.4 Å². The van der Waals surface area contributed by atoms with Crippen molar-refractivity contribution in [3.63, 3.8) is 0 Å². The van der Waals surface area contributed by atoms with Crippen LogP contribution >= 0.6 is 0 Å². The van der Waals surface area contributed by atoms with Gasteiger partial charge in [0.25, 0.3) is 0 Å². The van der Waals surface area contributed by atoms with Gasteiger partial charge in [-0.2, -0.15) is 0 Å². The van der Waals surface area contributed by atoms with Crippen LogP contribution in [0.25, 0.3) is 0 Å². The van der Waals surface area contributed by atoms with Crippen molar-refractivity contribution in [3.05, 3.63) is 52.6 Å². The van der Waals surface area contributed by atoms with Gasteiger partial charge in [-0.1, -0.05) is 13.0 Å². The van der Waals surface area contributed by atoms with Crippen LogP contribution in [0.5, 0.6) is 5.75 Å². The van der Waals surface area contributed by atoms with E-state index in [0.29, 0.717) is 11.5 Å². The normalized spacial score (nSPS) is 16.7. The first-order valence-electron chi connectivity index (χ1n) is 12.0. The summed E-state index contributed by atoms with van der Waals surface area (Å²) in [5, 5.41) is 5.72. The maximum Gasteiger partial charge on any atom is 0.227 e. The maximum atomic E-state index is 12.2. The molecule has 3 rings (SSSR count). The van der Waals surface area contributed by atoms with Crippen molar-refractivity contribution in [3.8, 4) is 18.1 Å². The standard InChI is InChI=1S/C17H21NO2.C12H15NO2/c1-4-13-6-8-14(9-7-13)17(19)18-15-10-5-12(2)16(11-15)20-3;1-4-11-8(2)5-10(7-14)6-12(11)13-9(3)15/h1,5,10-11,13-14H,6-9H2,2-3H3,(H,18,19);5-7H,4H2,1-3H3,(H,13,15). The first-order valence-corrected chi connectivity index (χ1v) is 12.0. The van der Waals surface area contributed by atoms with E-state index in [1.807, 2.05) is 45.0 Å². The van der Waals surface area contributed by atoms with Crippen LogP contribution in [0.4, 0.5) is 11.4 Å². The van der Waals surface area contributed by atoms with Gasteiger partial charge in [0.1, 0.15) is 12.0 Å². The summed E-state index contributed by atoms with van der Waals surface area (Å²) < 4.78 is 5.27. The number of amides is 2. The Bertz CT molecular complexity index is 1090. The first kappa shape index (κ1) is 27.7. The number of ether oxygens (including phenoxy) is 1. The zero-order valence-corrected chi connectivity index (χ0v) is 21.4. The van der Waals surface area contributed by atoms with E-state index in [-0.39, 0.29) is 17.7 Å². The van der Waals surface area contributed by atoms with Crippen LogP contribution in [0.1, 0.15) is 66.6 Å². The van der Waals surface area contributed by atoms with Gasteiger partial charge < -0.3 is 15.4 Å². The van der Waals surface area contributed by atoms with E-state index in [2.05, 4.69) is 16.6 Å². The number of terminal acetylenes is 1. The first-order chi connectivity index (χ1) is 16.7. The number of carbonyl (C=O) groups excluding carboxylic acids is 3. The van der Waals surface area contributed by atoms with Crippen LogP contribution in [0.2, 0.25) is 0 Å². The Kier molecular flexibility index (Phi) is 10.5. The van der Waals surface area contributed by atoms with Gasteiger partial charge in [-0.25, -0.2) is 0 Å². The highest BCUT2D eigenvalue weighted by atomic mass is 16.5. The van der Waals surface area contributed by atoms with Crippen LogP contribution < -0.4 is 15.4 Å². The van der Waals surface area contributed by atoms with E-state index in [0.717, 1.165) is 72.2 Å². The second-order valence-electron chi connectivity index (χ2n) is 8.91. The van der Waals surface area contributed by atoms with Crippen molar-refractivity contribution < 1.29 is 19.1 Å². The summed E-state index contributed by atoms with van der Waals surface area (Å²) in [6, 6.07) is 9.25. The summed E-state index contributed by atoms with van der Waals surface area (Å²) in [6.07, 6.45) is 10.7. The van der Waals surface area contributed by atoms with E-state index >= 15 is 0 Å². The molecule has 0 saturated heterocycles. The van der Waals surface area contributed by atoms with Crippen LogP contribution in [0.15, 0.2) is 30.3 Å². The molecule has 1 aliphatic rings. The average molecular weight is 477 g/mol. The summed E-state index contributed by atoms with van der Waals surface area (Å²) >= 11 is 0. The minimum absolute atomic E-state index is 0.0758. The second-order valence-corrected chi connectivity index (χ2v) is 8.91. The Labute approximate surface area is 208 Å². The van der Waals surface area contributed by atoms with Gasteiger partial charge in [0.15, 0.2) is 0 Å². The monoisotopic (exact) mass is 476 g/mol. The highest BCUT2D eigenvalue weighted by molar-refractivity contribution is 5.93. The topological polar surface area (TPSA) is 84.5 Å². The molecule has 0 unspecified atom stereocenters.